The number of benzene rings is 2. The lowest BCUT2D eigenvalue weighted by atomic mass is 10.1. The first-order valence-electron chi connectivity index (χ1n) is 6.77. The number of anilines is 1. The van der Waals surface area contributed by atoms with Gasteiger partial charge in [-0.05, 0) is 36.8 Å². The van der Waals surface area contributed by atoms with Crippen molar-refractivity contribution in [2.24, 2.45) is 5.73 Å². The van der Waals surface area contributed by atoms with Crippen LogP contribution in [0.4, 0.5) is 5.69 Å². The van der Waals surface area contributed by atoms with E-state index in [1.807, 2.05) is 49.4 Å². The van der Waals surface area contributed by atoms with E-state index < -0.39 is 0 Å². The summed E-state index contributed by atoms with van der Waals surface area (Å²) in [6.45, 7) is 2.37. The van der Waals surface area contributed by atoms with Gasteiger partial charge in [0.2, 0.25) is 0 Å². The second-order valence-corrected chi connectivity index (χ2v) is 4.97. The highest BCUT2D eigenvalue weighted by Gasteiger charge is 2.13. The van der Waals surface area contributed by atoms with Crippen LogP contribution in [0, 0.1) is 6.92 Å². The molecule has 1 heterocycles. The Kier molecular flexibility index (Phi) is 3.46. The second-order valence-electron chi connectivity index (χ2n) is 4.97. The SMILES string of the molecule is Cc1ccc2oc(C(=O)Nc3ccccc3CN)cc2c1. The molecule has 0 radical (unpaired) electrons. The van der Waals surface area contributed by atoms with Crippen LogP contribution < -0.4 is 11.1 Å². The molecule has 106 valence electrons. The highest BCUT2D eigenvalue weighted by molar-refractivity contribution is 6.05. The van der Waals surface area contributed by atoms with Gasteiger partial charge in [-0.1, -0.05) is 29.8 Å². The van der Waals surface area contributed by atoms with Crippen LogP contribution in [0.25, 0.3) is 11.0 Å². The summed E-state index contributed by atoms with van der Waals surface area (Å²) in [5.41, 5.74) is 9.10. The molecule has 4 heteroatoms. The van der Waals surface area contributed by atoms with Crippen LogP contribution >= 0.6 is 0 Å². The maximum absolute atomic E-state index is 12.3. The third kappa shape index (κ3) is 2.66. The van der Waals surface area contributed by atoms with Gasteiger partial charge in [0, 0.05) is 17.6 Å². The summed E-state index contributed by atoms with van der Waals surface area (Å²) < 4.78 is 5.59. The molecular weight excluding hydrogens is 264 g/mol. The summed E-state index contributed by atoms with van der Waals surface area (Å²) in [5.74, 6) is 0.0205. The molecule has 0 unspecified atom stereocenters. The van der Waals surface area contributed by atoms with Gasteiger partial charge >= 0.3 is 0 Å². The standard InChI is InChI=1S/C17H16N2O2/c1-11-6-7-15-13(8-11)9-16(21-15)17(20)19-14-5-3-2-4-12(14)10-18/h2-9H,10,18H2,1H3,(H,19,20). The monoisotopic (exact) mass is 280 g/mol. The minimum Gasteiger partial charge on any atom is -0.451 e. The molecule has 3 aromatic rings. The Morgan fingerprint density at radius 2 is 2.00 bits per heavy atom. The van der Waals surface area contributed by atoms with Gasteiger partial charge < -0.3 is 15.5 Å². The summed E-state index contributed by atoms with van der Waals surface area (Å²) in [4.78, 5) is 12.3. The van der Waals surface area contributed by atoms with Crippen LogP contribution in [-0.4, -0.2) is 5.91 Å². The van der Waals surface area contributed by atoms with E-state index in [0.29, 0.717) is 23.6 Å². The Morgan fingerprint density at radius 3 is 2.81 bits per heavy atom. The zero-order chi connectivity index (χ0) is 14.8. The van der Waals surface area contributed by atoms with Gasteiger partial charge in [-0.3, -0.25) is 4.79 Å². The number of carbonyl (C=O) groups excluding carboxylic acids is 1. The molecule has 0 aliphatic carbocycles. The van der Waals surface area contributed by atoms with Crippen LogP contribution in [0.2, 0.25) is 0 Å². The predicted octanol–water partition coefficient (Wildman–Crippen LogP) is 3.45. The first kappa shape index (κ1) is 13.4. The third-order valence-electron chi connectivity index (χ3n) is 3.38. The van der Waals surface area contributed by atoms with Crippen molar-refractivity contribution < 1.29 is 9.21 Å². The molecule has 3 rings (SSSR count). The van der Waals surface area contributed by atoms with Crippen molar-refractivity contribution in [3.8, 4) is 0 Å². The van der Waals surface area contributed by atoms with Crippen molar-refractivity contribution in [1.82, 2.24) is 0 Å². The normalized spacial score (nSPS) is 10.8. The first-order chi connectivity index (χ1) is 10.2. The number of hydrogen-bond acceptors (Lipinski definition) is 3. The molecule has 1 amide bonds. The molecule has 0 aliphatic heterocycles. The third-order valence-corrected chi connectivity index (χ3v) is 3.38. The van der Waals surface area contributed by atoms with Crippen LogP contribution in [0.15, 0.2) is 52.9 Å². The molecule has 2 aromatic carbocycles. The number of para-hydroxylation sites is 1. The Labute approximate surface area is 122 Å². The van der Waals surface area contributed by atoms with Crippen molar-refractivity contribution in [3.63, 3.8) is 0 Å². The van der Waals surface area contributed by atoms with Gasteiger partial charge in [0.1, 0.15) is 5.58 Å². The molecule has 0 saturated carbocycles. The van der Waals surface area contributed by atoms with Crippen LogP contribution in [0.5, 0.6) is 0 Å². The second kappa shape index (κ2) is 5.42. The molecule has 3 N–H and O–H groups in total. The number of carbonyl (C=O) groups is 1. The number of furan rings is 1. The van der Waals surface area contributed by atoms with Crippen LogP contribution in [0.3, 0.4) is 0 Å². The van der Waals surface area contributed by atoms with E-state index in [0.717, 1.165) is 16.5 Å². The smallest absolute Gasteiger partial charge is 0.291 e. The summed E-state index contributed by atoms with van der Waals surface area (Å²) in [5, 5.41) is 3.76. The van der Waals surface area contributed by atoms with Crippen LogP contribution in [0.1, 0.15) is 21.7 Å². The number of nitrogens with one attached hydrogen (secondary N) is 1. The summed E-state index contributed by atoms with van der Waals surface area (Å²) in [6, 6.07) is 15.0. The lowest BCUT2D eigenvalue weighted by molar-refractivity contribution is 0.0998. The van der Waals surface area contributed by atoms with Gasteiger partial charge in [-0.2, -0.15) is 0 Å². The van der Waals surface area contributed by atoms with Crippen molar-refractivity contribution in [2.45, 2.75) is 13.5 Å². The highest BCUT2D eigenvalue weighted by atomic mass is 16.3. The van der Waals surface area contributed by atoms with Gasteiger partial charge in [-0.15, -0.1) is 0 Å². The van der Waals surface area contributed by atoms with Gasteiger partial charge in [0.05, 0.1) is 0 Å². The Morgan fingerprint density at radius 1 is 1.19 bits per heavy atom. The van der Waals surface area contributed by atoms with E-state index in [-0.39, 0.29) is 5.91 Å². The number of aryl methyl sites for hydroxylation is 1. The highest BCUT2D eigenvalue weighted by Crippen LogP contribution is 2.22. The number of amides is 1. The molecule has 0 fully saturated rings. The summed E-state index contributed by atoms with van der Waals surface area (Å²) in [6.07, 6.45) is 0. The van der Waals surface area contributed by atoms with Gasteiger partial charge in [0.25, 0.3) is 5.91 Å². The number of rotatable bonds is 3. The van der Waals surface area contributed by atoms with Crippen molar-refractivity contribution >= 4 is 22.6 Å². The molecule has 0 saturated heterocycles. The summed E-state index contributed by atoms with van der Waals surface area (Å²) in [7, 11) is 0. The fraction of sp³-hybridized carbons (Fsp3) is 0.118. The van der Waals surface area contributed by atoms with E-state index in [9.17, 15) is 4.79 Å². The molecule has 21 heavy (non-hydrogen) atoms. The predicted molar refractivity (Wildman–Crippen MR) is 83.2 cm³/mol. The topological polar surface area (TPSA) is 68.3 Å². The maximum Gasteiger partial charge on any atom is 0.291 e. The molecule has 0 spiro atoms. The van der Waals surface area contributed by atoms with E-state index in [1.54, 1.807) is 6.07 Å². The van der Waals surface area contributed by atoms with E-state index in [2.05, 4.69) is 5.32 Å². The first-order valence-corrected chi connectivity index (χ1v) is 6.77. The average molecular weight is 280 g/mol. The van der Waals surface area contributed by atoms with E-state index in [4.69, 9.17) is 10.2 Å². The lowest BCUT2D eigenvalue weighted by Gasteiger charge is -2.07. The average Bonchev–Trinajstić information content (AvgIpc) is 2.91. The van der Waals surface area contributed by atoms with Crippen molar-refractivity contribution in [2.75, 3.05) is 5.32 Å². The minimum absolute atomic E-state index is 0.273. The van der Waals surface area contributed by atoms with Gasteiger partial charge in [-0.25, -0.2) is 0 Å². The molecule has 1 aromatic heterocycles. The molecular formula is C17H16N2O2. The minimum atomic E-state index is -0.273. The fourth-order valence-electron chi connectivity index (χ4n) is 2.28. The Hall–Kier alpha value is -2.59. The van der Waals surface area contributed by atoms with Crippen molar-refractivity contribution in [1.29, 1.82) is 0 Å². The number of hydrogen-bond donors (Lipinski definition) is 2. The molecule has 0 atom stereocenters. The Bertz CT molecular complexity index is 805. The number of nitrogens with two attached hydrogens (primary N) is 1. The fourth-order valence-corrected chi connectivity index (χ4v) is 2.28. The van der Waals surface area contributed by atoms with Crippen LogP contribution in [-0.2, 0) is 6.54 Å². The lowest BCUT2D eigenvalue weighted by Crippen LogP contribution is -2.13. The molecule has 0 bridgehead atoms. The number of fused-ring (bicyclic) bond motifs is 1. The molecule has 4 nitrogen and oxygen atoms in total. The largest absolute Gasteiger partial charge is 0.451 e. The Balaban J connectivity index is 1.90. The van der Waals surface area contributed by atoms with Crippen molar-refractivity contribution in [3.05, 3.63) is 65.4 Å². The summed E-state index contributed by atoms with van der Waals surface area (Å²) >= 11 is 0. The molecule has 0 aliphatic rings. The maximum atomic E-state index is 12.3. The van der Waals surface area contributed by atoms with E-state index in [1.165, 1.54) is 0 Å². The van der Waals surface area contributed by atoms with Gasteiger partial charge in [0.15, 0.2) is 5.76 Å². The zero-order valence-electron chi connectivity index (χ0n) is 11.7. The van der Waals surface area contributed by atoms with E-state index >= 15 is 0 Å². The zero-order valence-corrected chi connectivity index (χ0v) is 11.7. The quantitative estimate of drug-likeness (QED) is 0.772.